The minimum Gasteiger partial charge on any atom is -0.508 e. The lowest BCUT2D eigenvalue weighted by Gasteiger charge is -2.10. The second-order valence-electron chi connectivity index (χ2n) is 4.51. The zero-order valence-corrected chi connectivity index (χ0v) is 12.6. The Bertz CT molecular complexity index is 656. The van der Waals surface area contributed by atoms with E-state index in [1.54, 1.807) is 18.2 Å². The van der Waals surface area contributed by atoms with E-state index in [0.29, 0.717) is 16.8 Å². The van der Waals surface area contributed by atoms with E-state index < -0.39 is 0 Å². The molecule has 1 amide bonds. The number of carbonyl (C=O) groups is 1. The van der Waals surface area contributed by atoms with E-state index in [0.717, 1.165) is 10.0 Å². The number of rotatable bonds is 3. The zero-order chi connectivity index (χ0) is 14.7. The number of anilines is 1. The number of benzene rings is 2. The van der Waals surface area contributed by atoms with E-state index in [1.807, 2.05) is 19.1 Å². The molecule has 0 heterocycles. The summed E-state index contributed by atoms with van der Waals surface area (Å²) in [7, 11) is 0. The van der Waals surface area contributed by atoms with E-state index in [4.69, 9.17) is 5.73 Å². The fourth-order valence-corrected chi connectivity index (χ4v) is 2.28. The standard InChI is InChI=1S/C15H15BrN2O2/c1-9-3-2-4-12(14(9)16)15(20)18-8-10-7-11(17)5-6-13(10)19/h2-7,19H,8,17H2,1H3,(H,18,20). The van der Waals surface area contributed by atoms with Crippen molar-refractivity contribution in [1.29, 1.82) is 0 Å². The van der Waals surface area contributed by atoms with Gasteiger partial charge in [-0.25, -0.2) is 0 Å². The molecule has 0 saturated heterocycles. The molecule has 0 aromatic heterocycles. The normalized spacial score (nSPS) is 10.3. The second-order valence-corrected chi connectivity index (χ2v) is 5.30. The van der Waals surface area contributed by atoms with E-state index in [-0.39, 0.29) is 18.2 Å². The molecule has 0 atom stereocenters. The van der Waals surface area contributed by atoms with Crippen LogP contribution in [0.4, 0.5) is 5.69 Å². The van der Waals surface area contributed by atoms with Crippen LogP contribution in [-0.4, -0.2) is 11.0 Å². The highest BCUT2D eigenvalue weighted by Gasteiger charge is 2.11. The number of phenols is 1. The number of hydrogen-bond acceptors (Lipinski definition) is 3. The fraction of sp³-hybridized carbons (Fsp3) is 0.133. The third-order valence-corrected chi connectivity index (χ3v) is 4.03. The van der Waals surface area contributed by atoms with Gasteiger partial charge < -0.3 is 16.2 Å². The topological polar surface area (TPSA) is 75.4 Å². The van der Waals surface area contributed by atoms with Crippen LogP contribution < -0.4 is 11.1 Å². The Labute approximate surface area is 125 Å². The molecule has 0 aliphatic rings. The average Bonchev–Trinajstić information content (AvgIpc) is 2.42. The van der Waals surface area contributed by atoms with Crippen molar-refractivity contribution in [2.24, 2.45) is 0 Å². The van der Waals surface area contributed by atoms with Gasteiger partial charge in [0.2, 0.25) is 0 Å². The lowest BCUT2D eigenvalue weighted by atomic mass is 10.1. The Kier molecular flexibility index (Phi) is 4.29. The molecule has 0 bridgehead atoms. The summed E-state index contributed by atoms with van der Waals surface area (Å²) < 4.78 is 0.772. The quantitative estimate of drug-likeness (QED) is 0.596. The number of amides is 1. The van der Waals surface area contributed by atoms with Gasteiger partial charge >= 0.3 is 0 Å². The third kappa shape index (κ3) is 3.11. The largest absolute Gasteiger partial charge is 0.508 e. The van der Waals surface area contributed by atoms with E-state index in [9.17, 15) is 9.90 Å². The van der Waals surface area contributed by atoms with Gasteiger partial charge in [0.1, 0.15) is 5.75 Å². The van der Waals surface area contributed by atoms with Crippen LogP contribution >= 0.6 is 15.9 Å². The van der Waals surface area contributed by atoms with Crippen LogP contribution in [0.25, 0.3) is 0 Å². The van der Waals surface area contributed by atoms with Crippen molar-refractivity contribution in [1.82, 2.24) is 5.32 Å². The van der Waals surface area contributed by atoms with Crippen molar-refractivity contribution < 1.29 is 9.90 Å². The highest BCUT2D eigenvalue weighted by atomic mass is 79.9. The van der Waals surface area contributed by atoms with Gasteiger partial charge in [0.15, 0.2) is 0 Å². The Morgan fingerprint density at radius 1 is 1.35 bits per heavy atom. The van der Waals surface area contributed by atoms with Crippen LogP contribution in [-0.2, 0) is 6.54 Å². The van der Waals surface area contributed by atoms with E-state index in [1.165, 1.54) is 6.07 Å². The highest BCUT2D eigenvalue weighted by Crippen LogP contribution is 2.22. The molecule has 2 aromatic carbocycles. The first kappa shape index (κ1) is 14.4. The summed E-state index contributed by atoms with van der Waals surface area (Å²) >= 11 is 3.40. The molecular formula is C15H15BrN2O2. The van der Waals surface area contributed by atoms with Crippen LogP contribution in [0.3, 0.4) is 0 Å². The number of carbonyl (C=O) groups excluding carboxylic acids is 1. The van der Waals surface area contributed by atoms with Crippen molar-refractivity contribution in [2.75, 3.05) is 5.73 Å². The van der Waals surface area contributed by atoms with Crippen LogP contribution in [0.15, 0.2) is 40.9 Å². The number of hydrogen-bond donors (Lipinski definition) is 3. The summed E-state index contributed by atoms with van der Waals surface area (Å²) in [6.45, 7) is 2.14. The molecule has 0 fully saturated rings. The molecule has 20 heavy (non-hydrogen) atoms. The zero-order valence-electron chi connectivity index (χ0n) is 11.0. The van der Waals surface area contributed by atoms with Crippen LogP contribution in [0, 0.1) is 6.92 Å². The maximum Gasteiger partial charge on any atom is 0.252 e. The minimum absolute atomic E-state index is 0.114. The van der Waals surface area contributed by atoms with Gasteiger partial charge in [-0.3, -0.25) is 4.79 Å². The summed E-state index contributed by atoms with van der Waals surface area (Å²) in [5.74, 6) is -0.0924. The molecule has 5 heteroatoms. The monoisotopic (exact) mass is 334 g/mol. The number of nitrogen functional groups attached to an aromatic ring is 1. The minimum atomic E-state index is -0.206. The Morgan fingerprint density at radius 2 is 2.10 bits per heavy atom. The first-order chi connectivity index (χ1) is 9.49. The molecule has 0 radical (unpaired) electrons. The smallest absolute Gasteiger partial charge is 0.252 e. The molecule has 0 aliphatic carbocycles. The first-order valence-electron chi connectivity index (χ1n) is 6.09. The molecule has 2 aromatic rings. The van der Waals surface area contributed by atoms with E-state index >= 15 is 0 Å². The van der Waals surface area contributed by atoms with Gasteiger partial charge in [0.25, 0.3) is 5.91 Å². The van der Waals surface area contributed by atoms with E-state index in [2.05, 4.69) is 21.2 Å². The highest BCUT2D eigenvalue weighted by molar-refractivity contribution is 9.10. The van der Waals surface area contributed by atoms with Gasteiger partial charge in [-0.15, -0.1) is 0 Å². The summed E-state index contributed by atoms with van der Waals surface area (Å²) in [6, 6.07) is 10.3. The number of aryl methyl sites for hydroxylation is 1. The summed E-state index contributed by atoms with van der Waals surface area (Å²) in [4.78, 5) is 12.1. The molecule has 0 spiro atoms. The fourth-order valence-electron chi connectivity index (χ4n) is 1.84. The number of nitrogens with two attached hydrogens (primary N) is 1. The Hall–Kier alpha value is -2.01. The van der Waals surface area contributed by atoms with Gasteiger partial charge in [-0.1, -0.05) is 12.1 Å². The summed E-state index contributed by atoms with van der Waals surface area (Å²) in [5.41, 5.74) is 8.34. The van der Waals surface area contributed by atoms with Crippen LogP contribution in [0.2, 0.25) is 0 Å². The van der Waals surface area contributed by atoms with Crippen molar-refractivity contribution >= 4 is 27.5 Å². The molecule has 0 aliphatic heterocycles. The molecule has 4 nitrogen and oxygen atoms in total. The van der Waals surface area contributed by atoms with Crippen molar-refractivity contribution in [3.8, 4) is 5.75 Å². The average molecular weight is 335 g/mol. The molecule has 2 rings (SSSR count). The number of aromatic hydroxyl groups is 1. The molecule has 104 valence electrons. The maximum atomic E-state index is 12.1. The van der Waals surface area contributed by atoms with Crippen molar-refractivity contribution in [3.05, 3.63) is 57.6 Å². The molecule has 4 N–H and O–H groups in total. The number of phenolic OH excluding ortho intramolecular Hbond substituents is 1. The van der Waals surface area contributed by atoms with Gasteiger partial charge in [-0.2, -0.15) is 0 Å². The predicted molar refractivity (Wildman–Crippen MR) is 82.6 cm³/mol. The first-order valence-corrected chi connectivity index (χ1v) is 6.89. The SMILES string of the molecule is Cc1cccc(C(=O)NCc2cc(N)ccc2O)c1Br. The maximum absolute atomic E-state index is 12.1. The summed E-state index contributed by atoms with van der Waals surface area (Å²) in [5, 5.41) is 12.5. The predicted octanol–water partition coefficient (Wildman–Crippen LogP) is 2.98. The Morgan fingerprint density at radius 3 is 2.85 bits per heavy atom. The third-order valence-electron chi connectivity index (χ3n) is 2.98. The number of halogens is 1. The molecule has 0 saturated carbocycles. The lowest BCUT2D eigenvalue weighted by Crippen LogP contribution is -2.23. The number of nitrogens with one attached hydrogen (secondary N) is 1. The molecule has 0 unspecified atom stereocenters. The van der Waals surface area contributed by atoms with Crippen molar-refractivity contribution in [3.63, 3.8) is 0 Å². The van der Waals surface area contributed by atoms with Crippen LogP contribution in [0.5, 0.6) is 5.75 Å². The van der Waals surface area contributed by atoms with Crippen molar-refractivity contribution in [2.45, 2.75) is 13.5 Å². The Balaban J connectivity index is 2.13. The second kappa shape index (κ2) is 5.96. The summed E-state index contributed by atoms with van der Waals surface area (Å²) in [6.07, 6.45) is 0. The van der Waals surface area contributed by atoms with Gasteiger partial charge in [-0.05, 0) is 52.7 Å². The van der Waals surface area contributed by atoms with Crippen LogP contribution in [0.1, 0.15) is 21.5 Å². The molecular weight excluding hydrogens is 320 g/mol. The lowest BCUT2D eigenvalue weighted by molar-refractivity contribution is 0.0950. The van der Waals surface area contributed by atoms with Gasteiger partial charge in [0.05, 0.1) is 5.56 Å². The van der Waals surface area contributed by atoms with Gasteiger partial charge in [0, 0.05) is 22.3 Å².